The van der Waals surface area contributed by atoms with Crippen LogP contribution in [-0.4, -0.2) is 92.2 Å². The fourth-order valence-corrected chi connectivity index (χ4v) is 4.34. The fourth-order valence-electron chi connectivity index (χ4n) is 4.34. The predicted octanol–water partition coefficient (Wildman–Crippen LogP) is 1.45. The second kappa shape index (κ2) is 10.8. The quantitative estimate of drug-likeness (QED) is 0.536. The number of nitrogens with one attached hydrogen (secondary N) is 1. The Morgan fingerprint density at radius 1 is 1.22 bits per heavy atom. The van der Waals surface area contributed by atoms with Gasteiger partial charge in [-0.15, -0.1) is 0 Å². The zero-order chi connectivity index (χ0) is 22.3. The molecule has 2 aliphatic rings. The Hall–Kier alpha value is -2.62. The van der Waals surface area contributed by atoms with Crippen molar-refractivity contribution < 1.29 is 14.2 Å². The van der Waals surface area contributed by atoms with Crippen molar-refractivity contribution in [2.45, 2.75) is 12.1 Å². The summed E-state index contributed by atoms with van der Waals surface area (Å²) in [6.07, 6.45) is 3.89. The summed E-state index contributed by atoms with van der Waals surface area (Å²) in [6, 6.07) is 8.57. The highest BCUT2D eigenvalue weighted by molar-refractivity contribution is 5.80. The first kappa shape index (κ1) is 22.6. The number of hydrogen-bond acceptors (Lipinski definition) is 6. The van der Waals surface area contributed by atoms with Crippen LogP contribution in [0.2, 0.25) is 0 Å². The number of guanidine groups is 1. The maximum atomic E-state index is 6.00. The van der Waals surface area contributed by atoms with Crippen LogP contribution >= 0.6 is 0 Å². The monoisotopic (exact) mass is 442 g/mol. The molecule has 4 rings (SSSR count). The summed E-state index contributed by atoms with van der Waals surface area (Å²) in [7, 11) is 5.46. The Morgan fingerprint density at radius 3 is 2.66 bits per heavy atom. The second-order valence-electron chi connectivity index (χ2n) is 8.12. The number of hydrogen-bond donors (Lipinski definition) is 1. The predicted molar refractivity (Wildman–Crippen MR) is 123 cm³/mol. The van der Waals surface area contributed by atoms with Gasteiger partial charge in [0.2, 0.25) is 0 Å². The highest BCUT2D eigenvalue weighted by atomic mass is 16.5. The molecule has 0 bridgehead atoms. The van der Waals surface area contributed by atoms with E-state index < -0.39 is 0 Å². The number of rotatable bonds is 6. The standard InChI is InChI=1S/C23H34N6O3/c1-24-23(29-10-13-32-22(17-29)19-14-26-27(2)16-19)25-15-21(28-8-11-31-12-9-28)18-4-6-20(30-3)7-5-18/h4-7,14,16,21-22H,8-13,15,17H2,1-3H3,(H,24,25). The molecule has 32 heavy (non-hydrogen) atoms. The molecule has 3 heterocycles. The maximum absolute atomic E-state index is 6.00. The van der Waals surface area contributed by atoms with Gasteiger partial charge in [-0.25, -0.2) is 0 Å². The van der Waals surface area contributed by atoms with Crippen LogP contribution in [-0.2, 0) is 16.5 Å². The fraction of sp³-hybridized carbons (Fsp3) is 0.565. The first-order valence-corrected chi connectivity index (χ1v) is 11.2. The van der Waals surface area contributed by atoms with E-state index in [0.29, 0.717) is 6.61 Å². The van der Waals surface area contributed by atoms with Gasteiger partial charge in [-0.1, -0.05) is 12.1 Å². The van der Waals surface area contributed by atoms with E-state index in [9.17, 15) is 0 Å². The average molecular weight is 443 g/mol. The molecule has 0 saturated carbocycles. The number of benzene rings is 1. The van der Waals surface area contributed by atoms with Crippen molar-refractivity contribution in [2.24, 2.45) is 12.0 Å². The number of nitrogens with zero attached hydrogens (tertiary/aromatic N) is 5. The minimum atomic E-state index is -0.00683. The highest BCUT2D eigenvalue weighted by Gasteiger charge is 2.27. The molecule has 1 N–H and O–H groups in total. The van der Waals surface area contributed by atoms with Gasteiger partial charge < -0.3 is 24.4 Å². The summed E-state index contributed by atoms with van der Waals surface area (Å²) in [5.41, 5.74) is 2.35. The van der Waals surface area contributed by atoms with Crippen LogP contribution in [0.3, 0.4) is 0 Å². The van der Waals surface area contributed by atoms with Crippen molar-refractivity contribution in [2.75, 3.05) is 66.7 Å². The van der Waals surface area contributed by atoms with Gasteiger partial charge in [0.05, 0.1) is 45.7 Å². The molecule has 2 aliphatic heterocycles. The van der Waals surface area contributed by atoms with E-state index in [4.69, 9.17) is 14.2 Å². The van der Waals surface area contributed by atoms with Gasteiger partial charge in [0.25, 0.3) is 0 Å². The van der Waals surface area contributed by atoms with Crippen LogP contribution in [0.25, 0.3) is 0 Å². The summed E-state index contributed by atoms with van der Waals surface area (Å²) in [6.45, 7) is 6.32. The number of morpholine rings is 2. The molecule has 2 atom stereocenters. The third-order valence-electron chi connectivity index (χ3n) is 6.11. The van der Waals surface area contributed by atoms with Crippen LogP contribution in [0.5, 0.6) is 5.75 Å². The van der Waals surface area contributed by atoms with Crippen molar-refractivity contribution in [3.05, 3.63) is 47.8 Å². The van der Waals surface area contributed by atoms with E-state index in [2.05, 4.69) is 37.3 Å². The average Bonchev–Trinajstić information content (AvgIpc) is 3.29. The minimum Gasteiger partial charge on any atom is -0.497 e. The minimum absolute atomic E-state index is 0.00683. The molecule has 2 fully saturated rings. The van der Waals surface area contributed by atoms with E-state index >= 15 is 0 Å². The maximum Gasteiger partial charge on any atom is 0.193 e. The Bertz CT molecular complexity index is 878. The van der Waals surface area contributed by atoms with Gasteiger partial charge >= 0.3 is 0 Å². The van der Waals surface area contributed by atoms with Gasteiger partial charge in [-0.05, 0) is 17.7 Å². The van der Waals surface area contributed by atoms with E-state index in [1.165, 1.54) is 5.56 Å². The number of aliphatic imine (C=N–C) groups is 1. The zero-order valence-corrected chi connectivity index (χ0v) is 19.2. The SMILES string of the molecule is CN=C(NCC(c1ccc(OC)cc1)N1CCOCC1)N1CCOC(c2cnn(C)c2)C1. The Balaban J connectivity index is 1.44. The molecular formula is C23H34N6O3. The number of aryl methyl sites for hydroxylation is 1. The Kier molecular flexibility index (Phi) is 7.62. The lowest BCUT2D eigenvalue weighted by Gasteiger charge is -2.38. The molecular weight excluding hydrogens is 408 g/mol. The van der Waals surface area contributed by atoms with Gasteiger partial charge in [0.15, 0.2) is 5.96 Å². The topological polar surface area (TPSA) is 76.4 Å². The van der Waals surface area contributed by atoms with Crippen LogP contribution in [0.15, 0.2) is 41.7 Å². The zero-order valence-electron chi connectivity index (χ0n) is 19.2. The summed E-state index contributed by atoms with van der Waals surface area (Å²) >= 11 is 0. The van der Waals surface area contributed by atoms with Crippen molar-refractivity contribution in [3.63, 3.8) is 0 Å². The first-order chi connectivity index (χ1) is 15.7. The van der Waals surface area contributed by atoms with Crippen molar-refractivity contribution in [1.29, 1.82) is 0 Å². The van der Waals surface area contributed by atoms with Crippen LogP contribution in [0.1, 0.15) is 23.3 Å². The molecule has 1 aromatic heterocycles. The molecule has 0 amide bonds. The van der Waals surface area contributed by atoms with Crippen molar-refractivity contribution >= 4 is 5.96 Å². The summed E-state index contributed by atoms with van der Waals surface area (Å²) in [4.78, 5) is 9.32. The lowest BCUT2D eigenvalue weighted by Crippen LogP contribution is -2.50. The molecule has 9 heteroatoms. The molecule has 0 radical (unpaired) electrons. The number of methoxy groups -OCH3 is 1. The first-order valence-electron chi connectivity index (χ1n) is 11.2. The molecule has 9 nitrogen and oxygen atoms in total. The van der Waals surface area contributed by atoms with Gasteiger partial charge in [0, 0.05) is 52.0 Å². The molecule has 2 saturated heterocycles. The second-order valence-corrected chi connectivity index (χ2v) is 8.12. The number of aromatic nitrogens is 2. The normalized spacial score (nSPS) is 21.4. The van der Waals surface area contributed by atoms with Crippen molar-refractivity contribution in [1.82, 2.24) is 24.9 Å². The molecule has 174 valence electrons. The lowest BCUT2D eigenvalue weighted by atomic mass is 10.0. The smallest absolute Gasteiger partial charge is 0.193 e. The summed E-state index contributed by atoms with van der Waals surface area (Å²) in [5, 5.41) is 7.91. The summed E-state index contributed by atoms with van der Waals surface area (Å²) < 4.78 is 18.7. The Morgan fingerprint density at radius 2 is 2.00 bits per heavy atom. The van der Waals surface area contributed by atoms with Crippen molar-refractivity contribution in [3.8, 4) is 5.75 Å². The van der Waals surface area contributed by atoms with Gasteiger partial charge in [0.1, 0.15) is 11.9 Å². The molecule has 0 spiro atoms. The van der Waals surface area contributed by atoms with Crippen LogP contribution < -0.4 is 10.1 Å². The highest BCUT2D eigenvalue weighted by Crippen LogP contribution is 2.25. The number of ether oxygens (including phenoxy) is 3. The van der Waals surface area contributed by atoms with E-state index in [1.807, 2.05) is 43.3 Å². The van der Waals surface area contributed by atoms with Crippen LogP contribution in [0.4, 0.5) is 0 Å². The van der Waals surface area contributed by atoms with E-state index in [0.717, 1.165) is 63.2 Å². The summed E-state index contributed by atoms with van der Waals surface area (Å²) in [5.74, 6) is 1.77. The largest absolute Gasteiger partial charge is 0.497 e. The lowest BCUT2D eigenvalue weighted by molar-refractivity contribution is -0.00853. The molecule has 2 unspecified atom stereocenters. The molecule has 1 aromatic carbocycles. The van der Waals surface area contributed by atoms with E-state index in [1.54, 1.807) is 7.11 Å². The van der Waals surface area contributed by atoms with Gasteiger partial charge in [-0.3, -0.25) is 14.6 Å². The van der Waals surface area contributed by atoms with Crippen LogP contribution in [0, 0.1) is 0 Å². The third-order valence-corrected chi connectivity index (χ3v) is 6.11. The van der Waals surface area contributed by atoms with Gasteiger partial charge in [-0.2, -0.15) is 5.10 Å². The molecule has 2 aromatic rings. The third kappa shape index (κ3) is 5.40. The molecule has 0 aliphatic carbocycles. The van der Waals surface area contributed by atoms with E-state index in [-0.39, 0.29) is 12.1 Å². The Labute approximate surface area is 189 Å².